The van der Waals surface area contributed by atoms with E-state index in [1.807, 2.05) is 0 Å². The number of halogens is 2. The van der Waals surface area contributed by atoms with E-state index in [2.05, 4.69) is 35.7 Å². The molecule has 0 spiro atoms. The van der Waals surface area contributed by atoms with Crippen molar-refractivity contribution >= 4 is 50.1 Å². The number of benzene rings is 1. The molecule has 0 N–H and O–H groups in total. The first-order chi connectivity index (χ1) is 9.08. The fourth-order valence-electron chi connectivity index (χ4n) is 1.62. The Morgan fingerprint density at radius 2 is 2.32 bits per heavy atom. The highest BCUT2D eigenvalue weighted by Gasteiger charge is 2.16. The standard InChI is InChI=1S/C11H6BrClN4O2/c1-19-11(18)7-4-15-10-6(9(7)16-17-14)2-5(13)3-8(10)12/h2-4H,1H3. The van der Waals surface area contributed by atoms with Gasteiger partial charge in [-0.05, 0) is 33.6 Å². The SMILES string of the molecule is COC(=O)c1cnc2c(Br)cc(Cl)cc2c1N=[N+]=[N-]. The summed E-state index contributed by atoms with van der Waals surface area (Å²) in [5.41, 5.74) is 9.41. The Balaban J connectivity index is 2.91. The van der Waals surface area contributed by atoms with Crippen LogP contribution in [0.3, 0.4) is 0 Å². The third-order valence-corrected chi connectivity index (χ3v) is 3.23. The molecule has 0 unspecified atom stereocenters. The number of carbonyl (C=O) groups excluding carboxylic acids is 1. The van der Waals surface area contributed by atoms with Crippen LogP contribution < -0.4 is 0 Å². The molecule has 0 saturated heterocycles. The molecule has 19 heavy (non-hydrogen) atoms. The van der Waals surface area contributed by atoms with Crippen LogP contribution >= 0.6 is 27.5 Å². The number of pyridine rings is 1. The monoisotopic (exact) mass is 340 g/mol. The molecule has 0 aliphatic rings. The van der Waals surface area contributed by atoms with Crippen molar-refractivity contribution in [2.24, 2.45) is 5.11 Å². The summed E-state index contributed by atoms with van der Waals surface area (Å²) in [5, 5.41) is 4.45. The summed E-state index contributed by atoms with van der Waals surface area (Å²) in [5.74, 6) is -0.632. The second-order valence-electron chi connectivity index (χ2n) is 3.49. The van der Waals surface area contributed by atoms with E-state index in [9.17, 15) is 4.79 Å². The van der Waals surface area contributed by atoms with E-state index in [0.29, 0.717) is 20.4 Å². The molecule has 1 aromatic heterocycles. The molecule has 0 aliphatic carbocycles. The van der Waals surface area contributed by atoms with Crippen molar-refractivity contribution in [3.63, 3.8) is 0 Å². The summed E-state index contributed by atoms with van der Waals surface area (Å²) in [6.07, 6.45) is 1.30. The summed E-state index contributed by atoms with van der Waals surface area (Å²) in [7, 11) is 1.24. The van der Waals surface area contributed by atoms with Gasteiger partial charge in [0, 0.05) is 26.0 Å². The summed E-state index contributed by atoms with van der Waals surface area (Å²) in [6, 6.07) is 3.24. The lowest BCUT2D eigenvalue weighted by atomic mass is 10.1. The van der Waals surface area contributed by atoms with Gasteiger partial charge in [0.1, 0.15) is 0 Å². The lowest BCUT2D eigenvalue weighted by Gasteiger charge is -2.08. The van der Waals surface area contributed by atoms with Crippen LogP contribution in [0.15, 0.2) is 27.9 Å². The normalized spacial score (nSPS) is 10.1. The van der Waals surface area contributed by atoms with Gasteiger partial charge < -0.3 is 4.74 Å². The molecule has 96 valence electrons. The molecule has 0 amide bonds. The maximum atomic E-state index is 11.6. The van der Waals surface area contributed by atoms with Crippen LogP contribution in [-0.2, 0) is 4.74 Å². The molecular weight excluding hydrogens is 336 g/mol. The fraction of sp³-hybridized carbons (Fsp3) is 0.0909. The first-order valence-electron chi connectivity index (χ1n) is 4.99. The van der Waals surface area contributed by atoms with E-state index < -0.39 is 5.97 Å². The molecule has 0 fully saturated rings. The highest BCUT2D eigenvalue weighted by molar-refractivity contribution is 9.10. The van der Waals surface area contributed by atoms with Crippen molar-refractivity contribution in [3.05, 3.63) is 43.8 Å². The summed E-state index contributed by atoms with van der Waals surface area (Å²) >= 11 is 9.27. The van der Waals surface area contributed by atoms with Gasteiger partial charge in [-0.25, -0.2) is 4.79 Å². The summed E-state index contributed by atoms with van der Waals surface area (Å²) in [4.78, 5) is 18.5. The topological polar surface area (TPSA) is 88.0 Å². The number of fused-ring (bicyclic) bond motifs is 1. The number of azide groups is 1. The number of rotatable bonds is 2. The van der Waals surface area contributed by atoms with Gasteiger partial charge in [-0.15, -0.1) is 0 Å². The number of methoxy groups -OCH3 is 1. The van der Waals surface area contributed by atoms with Gasteiger partial charge in [0.25, 0.3) is 0 Å². The average Bonchev–Trinajstić information content (AvgIpc) is 2.38. The van der Waals surface area contributed by atoms with E-state index in [4.69, 9.17) is 17.1 Å². The van der Waals surface area contributed by atoms with Gasteiger partial charge >= 0.3 is 5.97 Å². The van der Waals surface area contributed by atoms with Crippen LogP contribution in [0.5, 0.6) is 0 Å². The summed E-state index contributed by atoms with van der Waals surface area (Å²) < 4.78 is 5.27. The van der Waals surface area contributed by atoms with Crippen LogP contribution in [-0.4, -0.2) is 18.1 Å². The molecule has 0 saturated carbocycles. The zero-order valence-corrected chi connectivity index (χ0v) is 11.9. The van der Waals surface area contributed by atoms with Crippen molar-refractivity contribution in [1.82, 2.24) is 4.98 Å². The maximum absolute atomic E-state index is 11.6. The van der Waals surface area contributed by atoms with Crippen LogP contribution in [0, 0.1) is 0 Å². The maximum Gasteiger partial charge on any atom is 0.339 e. The molecule has 0 radical (unpaired) electrons. The second-order valence-corrected chi connectivity index (χ2v) is 4.78. The van der Waals surface area contributed by atoms with Gasteiger partial charge in [0.2, 0.25) is 0 Å². The second kappa shape index (κ2) is 5.44. The lowest BCUT2D eigenvalue weighted by molar-refractivity contribution is 0.0601. The molecule has 6 nitrogen and oxygen atoms in total. The van der Waals surface area contributed by atoms with Crippen LogP contribution in [0.25, 0.3) is 21.3 Å². The molecule has 8 heteroatoms. The van der Waals surface area contributed by atoms with Gasteiger partial charge in [0.05, 0.1) is 23.9 Å². The largest absolute Gasteiger partial charge is 0.465 e. The number of carbonyl (C=O) groups is 1. The van der Waals surface area contributed by atoms with Crippen molar-refractivity contribution in [2.45, 2.75) is 0 Å². The van der Waals surface area contributed by atoms with Crippen molar-refractivity contribution in [1.29, 1.82) is 0 Å². The predicted octanol–water partition coefficient (Wildman–Crippen LogP) is 4.38. The van der Waals surface area contributed by atoms with Crippen molar-refractivity contribution in [3.8, 4) is 0 Å². The number of nitrogens with zero attached hydrogens (tertiary/aromatic N) is 4. The zero-order valence-electron chi connectivity index (χ0n) is 9.59. The molecule has 2 aromatic rings. The molecule has 0 bridgehead atoms. The highest BCUT2D eigenvalue weighted by atomic mass is 79.9. The Morgan fingerprint density at radius 3 is 2.95 bits per heavy atom. The third-order valence-electron chi connectivity index (χ3n) is 2.41. The molecular formula is C11H6BrClN4O2. The van der Waals surface area contributed by atoms with Crippen molar-refractivity contribution < 1.29 is 9.53 Å². The van der Waals surface area contributed by atoms with Gasteiger partial charge in [0.15, 0.2) is 0 Å². The Bertz CT molecular complexity index is 728. The Kier molecular flexibility index (Phi) is 3.90. The van der Waals surface area contributed by atoms with Gasteiger partial charge in [-0.3, -0.25) is 4.98 Å². The zero-order chi connectivity index (χ0) is 14.0. The Morgan fingerprint density at radius 1 is 1.58 bits per heavy atom. The number of hydrogen-bond acceptors (Lipinski definition) is 4. The van der Waals surface area contributed by atoms with Gasteiger partial charge in [-0.1, -0.05) is 16.7 Å². The number of esters is 1. The number of hydrogen-bond donors (Lipinski definition) is 0. The quantitative estimate of drug-likeness (QED) is 0.351. The van der Waals surface area contributed by atoms with Crippen LogP contribution in [0.2, 0.25) is 5.02 Å². The van der Waals surface area contributed by atoms with Crippen LogP contribution in [0.1, 0.15) is 10.4 Å². The minimum Gasteiger partial charge on any atom is -0.465 e. The Labute approximate surface area is 121 Å². The molecule has 1 heterocycles. The highest BCUT2D eigenvalue weighted by Crippen LogP contribution is 2.35. The number of aromatic nitrogens is 1. The van der Waals surface area contributed by atoms with E-state index in [1.165, 1.54) is 13.3 Å². The third kappa shape index (κ3) is 2.49. The summed E-state index contributed by atoms with van der Waals surface area (Å²) in [6.45, 7) is 0. The molecule has 0 atom stereocenters. The molecule has 1 aromatic carbocycles. The minimum atomic E-state index is -0.632. The van der Waals surface area contributed by atoms with Crippen molar-refractivity contribution in [2.75, 3.05) is 7.11 Å². The predicted molar refractivity (Wildman–Crippen MR) is 74.6 cm³/mol. The first kappa shape index (κ1) is 13.6. The van der Waals surface area contributed by atoms with E-state index >= 15 is 0 Å². The number of ether oxygens (including phenoxy) is 1. The Hall–Kier alpha value is -1.82. The van der Waals surface area contributed by atoms with Gasteiger partial charge in [-0.2, -0.15) is 0 Å². The van der Waals surface area contributed by atoms with E-state index in [-0.39, 0.29) is 11.3 Å². The average molecular weight is 342 g/mol. The van der Waals surface area contributed by atoms with E-state index in [1.54, 1.807) is 12.1 Å². The van der Waals surface area contributed by atoms with E-state index in [0.717, 1.165) is 0 Å². The smallest absolute Gasteiger partial charge is 0.339 e. The molecule has 0 aliphatic heterocycles. The van der Waals surface area contributed by atoms with Crippen LogP contribution in [0.4, 0.5) is 5.69 Å². The molecule has 2 rings (SSSR count). The first-order valence-corrected chi connectivity index (χ1v) is 6.16. The minimum absolute atomic E-state index is 0.0852. The fourth-order valence-corrected chi connectivity index (χ4v) is 2.54. The lowest BCUT2D eigenvalue weighted by Crippen LogP contribution is -2.02.